The number of carboxylic acids is 1. The third-order valence-corrected chi connectivity index (χ3v) is 5.57. The molecule has 36 heavy (non-hydrogen) atoms. The van der Waals surface area contributed by atoms with E-state index in [1.165, 1.54) is 6.07 Å². The zero-order valence-corrected chi connectivity index (χ0v) is 19.6. The van der Waals surface area contributed by atoms with Gasteiger partial charge in [-0.1, -0.05) is 20.4 Å². The molecule has 6 nitrogen and oxygen atoms in total. The van der Waals surface area contributed by atoms with Gasteiger partial charge in [-0.3, -0.25) is 14.2 Å². The van der Waals surface area contributed by atoms with Crippen molar-refractivity contribution in [3.63, 3.8) is 0 Å². The molecule has 0 amide bonds. The zero-order valence-electron chi connectivity index (χ0n) is 19.6. The molecule has 0 bridgehead atoms. The number of nitrogens with one attached hydrogen (secondary N) is 1. The predicted molar refractivity (Wildman–Crippen MR) is 129 cm³/mol. The number of hydrogen-bond donors (Lipinski definition) is 3. The summed E-state index contributed by atoms with van der Waals surface area (Å²) in [6, 6.07) is 6.04. The molecule has 1 atom stereocenters. The summed E-state index contributed by atoms with van der Waals surface area (Å²) in [6.45, 7) is 7.30. The average molecular weight is 503 g/mol. The van der Waals surface area contributed by atoms with Gasteiger partial charge >= 0.3 is 5.97 Å². The van der Waals surface area contributed by atoms with Crippen LogP contribution in [0.5, 0.6) is 0 Å². The number of aromatic nitrogens is 1. The summed E-state index contributed by atoms with van der Waals surface area (Å²) in [4.78, 5) is 24.0. The third kappa shape index (κ3) is 5.65. The van der Waals surface area contributed by atoms with E-state index in [1.807, 2.05) is 13.8 Å². The van der Waals surface area contributed by atoms with E-state index < -0.39 is 52.3 Å². The first-order valence-corrected chi connectivity index (χ1v) is 11.0. The molecule has 0 unspecified atom stereocenters. The molecule has 2 aromatic carbocycles. The minimum Gasteiger partial charge on any atom is -0.480 e. The summed E-state index contributed by atoms with van der Waals surface area (Å²) in [6.07, 6.45) is 0.315. The van der Waals surface area contributed by atoms with Crippen LogP contribution in [0, 0.1) is 29.2 Å². The van der Waals surface area contributed by atoms with Crippen LogP contribution < -0.4 is 16.6 Å². The number of benzene rings is 2. The van der Waals surface area contributed by atoms with E-state index in [2.05, 4.69) is 11.9 Å². The smallest absolute Gasteiger partial charge is 0.320 e. The molecule has 3 rings (SSSR count). The summed E-state index contributed by atoms with van der Waals surface area (Å²) in [7, 11) is 0. The number of rotatable bonds is 9. The second-order valence-corrected chi connectivity index (χ2v) is 8.72. The number of nitrogen functional groups attached to an aromatic ring is 1. The fourth-order valence-electron chi connectivity index (χ4n) is 3.84. The Balaban J connectivity index is 2.00. The number of halogens is 4. The first-order valence-electron chi connectivity index (χ1n) is 11.0. The molecule has 1 aromatic heterocycles. The van der Waals surface area contributed by atoms with E-state index in [9.17, 15) is 23.5 Å². The van der Waals surface area contributed by atoms with Crippen molar-refractivity contribution in [1.29, 1.82) is 0 Å². The molecule has 0 aliphatic carbocycles. The van der Waals surface area contributed by atoms with Crippen molar-refractivity contribution in [1.82, 2.24) is 9.88 Å². The molecular formula is C26H25F4N3O3. The van der Waals surface area contributed by atoms with Gasteiger partial charge in [-0.2, -0.15) is 0 Å². The second-order valence-electron chi connectivity index (χ2n) is 8.72. The molecule has 0 spiro atoms. The standard InChI is InChI=1S/C26H25F4N3O3/c1-13(2)8-22(26(35)36)32-12-15-9-20(29)24(21(30)10-15)33-23(34)7-6-18(25(33)31)14(3)17-5-4-16(27)11-19(17)28/h4-7,9-11,13,22,32H,3,8,12,31H2,1-2H3,(H,35,36)/t22-/m0/s1. The van der Waals surface area contributed by atoms with Crippen molar-refractivity contribution < 1.29 is 27.5 Å². The molecule has 3 aromatic rings. The normalized spacial score (nSPS) is 12.1. The quantitative estimate of drug-likeness (QED) is 0.370. The van der Waals surface area contributed by atoms with Crippen molar-refractivity contribution >= 4 is 17.4 Å². The Morgan fingerprint density at radius 1 is 1.03 bits per heavy atom. The lowest BCUT2D eigenvalue weighted by Crippen LogP contribution is -2.37. The number of carboxylic acid groups (broad SMARTS) is 1. The van der Waals surface area contributed by atoms with Crippen molar-refractivity contribution in [3.8, 4) is 5.69 Å². The predicted octanol–water partition coefficient (Wildman–Crippen LogP) is 4.63. The number of pyridine rings is 1. The molecule has 0 saturated carbocycles. The number of nitrogens with zero attached hydrogens (tertiary/aromatic N) is 1. The Morgan fingerprint density at radius 3 is 2.19 bits per heavy atom. The van der Waals surface area contributed by atoms with Gasteiger partial charge in [0.05, 0.1) is 0 Å². The Labute approximate surface area is 204 Å². The molecular weight excluding hydrogens is 478 g/mol. The van der Waals surface area contributed by atoms with Gasteiger partial charge in [0.15, 0.2) is 11.6 Å². The van der Waals surface area contributed by atoms with Crippen molar-refractivity contribution in [3.05, 3.63) is 99.4 Å². The Morgan fingerprint density at radius 2 is 1.64 bits per heavy atom. The molecule has 0 aliphatic heterocycles. The van der Waals surface area contributed by atoms with Crippen LogP contribution >= 0.6 is 0 Å². The molecule has 0 fully saturated rings. The van der Waals surface area contributed by atoms with E-state index in [4.69, 9.17) is 5.73 Å². The first kappa shape index (κ1) is 26.7. The van der Waals surface area contributed by atoms with Gasteiger partial charge in [0.2, 0.25) is 0 Å². The topological polar surface area (TPSA) is 97.3 Å². The molecule has 0 aliphatic rings. The van der Waals surface area contributed by atoms with Crippen LogP contribution in [0.4, 0.5) is 23.4 Å². The summed E-state index contributed by atoms with van der Waals surface area (Å²) < 4.78 is 58.3. The van der Waals surface area contributed by atoms with Gasteiger partial charge < -0.3 is 16.2 Å². The van der Waals surface area contributed by atoms with Crippen molar-refractivity contribution in [2.24, 2.45) is 5.92 Å². The van der Waals surface area contributed by atoms with Gasteiger partial charge in [0, 0.05) is 29.8 Å². The highest BCUT2D eigenvalue weighted by atomic mass is 19.1. The Kier molecular flexibility index (Phi) is 7.99. The first-order chi connectivity index (χ1) is 16.9. The van der Waals surface area contributed by atoms with Gasteiger partial charge in [-0.15, -0.1) is 0 Å². The summed E-state index contributed by atoms with van der Waals surface area (Å²) in [5.41, 5.74) is 4.48. The van der Waals surface area contributed by atoms with E-state index >= 15 is 8.78 Å². The fraction of sp³-hybridized carbons (Fsp3) is 0.231. The van der Waals surface area contributed by atoms with Crippen LogP contribution in [0.15, 0.2) is 53.8 Å². The van der Waals surface area contributed by atoms with Gasteiger partial charge in [0.1, 0.15) is 29.2 Å². The SMILES string of the molecule is C=C(c1ccc(F)cc1F)c1ccc(=O)n(-c2c(F)cc(CN[C@@H](CC(C)C)C(=O)O)cc2F)c1N. The van der Waals surface area contributed by atoms with Crippen LogP contribution in [0.25, 0.3) is 11.3 Å². The van der Waals surface area contributed by atoms with E-state index in [0.717, 1.165) is 30.3 Å². The second kappa shape index (κ2) is 10.8. The van der Waals surface area contributed by atoms with Crippen LogP contribution in [-0.4, -0.2) is 21.7 Å². The largest absolute Gasteiger partial charge is 0.480 e. The van der Waals surface area contributed by atoms with Crippen molar-refractivity contribution in [2.75, 3.05) is 5.73 Å². The van der Waals surface area contributed by atoms with Gasteiger partial charge in [-0.05, 0) is 53.8 Å². The highest BCUT2D eigenvalue weighted by Crippen LogP contribution is 2.30. The van der Waals surface area contributed by atoms with Crippen LogP contribution in [0.3, 0.4) is 0 Å². The number of nitrogens with two attached hydrogens (primary N) is 1. The van der Waals surface area contributed by atoms with E-state index in [0.29, 0.717) is 17.1 Å². The van der Waals surface area contributed by atoms with Crippen molar-refractivity contribution in [2.45, 2.75) is 32.9 Å². The van der Waals surface area contributed by atoms with Crippen LogP contribution in [-0.2, 0) is 11.3 Å². The number of carbonyl (C=O) groups is 1. The zero-order chi connectivity index (χ0) is 26.7. The monoisotopic (exact) mass is 503 g/mol. The molecule has 0 radical (unpaired) electrons. The number of hydrogen-bond acceptors (Lipinski definition) is 4. The maximum atomic E-state index is 15.1. The lowest BCUT2D eigenvalue weighted by atomic mass is 9.99. The van der Waals surface area contributed by atoms with E-state index in [-0.39, 0.29) is 34.7 Å². The summed E-state index contributed by atoms with van der Waals surface area (Å²) >= 11 is 0. The molecule has 10 heteroatoms. The summed E-state index contributed by atoms with van der Waals surface area (Å²) in [5, 5.41) is 12.1. The Hall–Kier alpha value is -3.92. The fourth-order valence-corrected chi connectivity index (χ4v) is 3.84. The molecule has 0 saturated heterocycles. The lowest BCUT2D eigenvalue weighted by Gasteiger charge is -2.18. The van der Waals surface area contributed by atoms with E-state index in [1.54, 1.807) is 0 Å². The van der Waals surface area contributed by atoms with Gasteiger partial charge in [0.25, 0.3) is 5.56 Å². The molecule has 4 N–H and O–H groups in total. The number of aliphatic carboxylic acids is 1. The maximum absolute atomic E-state index is 15.1. The highest BCUT2D eigenvalue weighted by molar-refractivity contribution is 5.83. The van der Waals surface area contributed by atoms with Crippen LogP contribution in [0.1, 0.15) is 37.0 Å². The lowest BCUT2D eigenvalue weighted by molar-refractivity contribution is -0.140. The minimum atomic E-state index is -1.12. The minimum absolute atomic E-state index is 0.0163. The third-order valence-electron chi connectivity index (χ3n) is 5.57. The highest BCUT2D eigenvalue weighted by Gasteiger charge is 2.22. The van der Waals surface area contributed by atoms with Crippen LogP contribution in [0.2, 0.25) is 0 Å². The Bertz CT molecular complexity index is 1360. The summed E-state index contributed by atoms with van der Waals surface area (Å²) in [5.74, 6) is -5.38. The molecule has 1 heterocycles. The van der Waals surface area contributed by atoms with Gasteiger partial charge in [-0.25, -0.2) is 17.6 Å². The maximum Gasteiger partial charge on any atom is 0.320 e. The number of anilines is 1. The average Bonchev–Trinajstić information content (AvgIpc) is 2.77. The molecule has 190 valence electrons.